The fourth-order valence-corrected chi connectivity index (χ4v) is 2.80. The minimum absolute atomic E-state index is 0.0794. The van der Waals surface area contributed by atoms with Crippen LogP contribution in [0.15, 0.2) is 73.2 Å². The number of nitrogens with one attached hydrogen (secondary N) is 1. The molecule has 0 saturated carbocycles. The molecule has 30 heavy (non-hydrogen) atoms. The molecular weight excluding hydrogens is 393 g/mol. The number of pyridine rings is 1. The summed E-state index contributed by atoms with van der Waals surface area (Å²) in [6.45, 7) is 0. The van der Waals surface area contributed by atoms with Crippen LogP contribution < -0.4 is 5.32 Å². The highest BCUT2D eigenvalue weighted by Gasteiger charge is 2.18. The van der Waals surface area contributed by atoms with E-state index in [1.54, 1.807) is 12.1 Å². The zero-order valence-electron chi connectivity index (χ0n) is 15.3. The molecular formula is C22H13F3N4O. The van der Waals surface area contributed by atoms with Crippen molar-refractivity contribution in [3.05, 3.63) is 96.2 Å². The first-order valence-corrected chi connectivity index (χ1v) is 8.81. The van der Waals surface area contributed by atoms with Gasteiger partial charge in [-0.2, -0.15) is 0 Å². The Morgan fingerprint density at radius 2 is 1.53 bits per heavy atom. The van der Waals surface area contributed by atoms with Crippen molar-refractivity contribution in [2.24, 2.45) is 0 Å². The Kier molecular flexibility index (Phi) is 5.21. The summed E-state index contributed by atoms with van der Waals surface area (Å²) in [5.41, 5.74) is 1.33. The molecule has 0 aliphatic heterocycles. The molecule has 2 aromatic carbocycles. The topological polar surface area (TPSA) is 67.8 Å². The van der Waals surface area contributed by atoms with Crippen LogP contribution in [0.25, 0.3) is 22.6 Å². The molecule has 4 aromatic rings. The van der Waals surface area contributed by atoms with Crippen LogP contribution >= 0.6 is 0 Å². The van der Waals surface area contributed by atoms with Crippen molar-refractivity contribution >= 4 is 11.6 Å². The summed E-state index contributed by atoms with van der Waals surface area (Å²) < 4.78 is 40.3. The second-order valence-electron chi connectivity index (χ2n) is 6.28. The van der Waals surface area contributed by atoms with Gasteiger partial charge in [-0.15, -0.1) is 0 Å². The number of halogens is 3. The Morgan fingerprint density at radius 1 is 0.833 bits per heavy atom. The van der Waals surface area contributed by atoms with Crippen LogP contribution in [-0.4, -0.2) is 20.9 Å². The summed E-state index contributed by atoms with van der Waals surface area (Å²) in [5, 5.41) is 2.40. The molecule has 0 atom stereocenters. The molecule has 8 heteroatoms. The zero-order chi connectivity index (χ0) is 21.1. The van der Waals surface area contributed by atoms with Crippen LogP contribution in [0.3, 0.4) is 0 Å². The van der Waals surface area contributed by atoms with E-state index in [-0.39, 0.29) is 22.8 Å². The smallest absolute Gasteiger partial charge is 0.259 e. The van der Waals surface area contributed by atoms with E-state index in [9.17, 15) is 18.0 Å². The molecule has 0 radical (unpaired) electrons. The predicted octanol–water partition coefficient (Wildman–Crippen LogP) is 4.88. The average molecular weight is 406 g/mol. The van der Waals surface area contributed by atoms with Gasteiger partial charge in [0.25, 0.3) is 5.91 Å². The SMILES string of the molecule is O=C(Nc1ccc(F)cc1F)c1cnc(-c2ccc(F)cc2)nc1-c1ccncc1. The van der Waals surface area contributed by atoms with Gasteiger partial charge in [0.05, 0.1) is 16.9 Å². The van der Waals surface area contributed by atoms with Crippen molar-refractivity contribution in [3.63, 3.8) is 0 Å². The molecule has 4 rings (SSSR count). The minimum atomic E-state index is -0.905. The molecule has 2 aromatic heterocycles. The first-order valence-electron chi connectivity index (χ1n) is 8.81. The first kappa shape index (κ1) is 19.3. The standard InChI is InChI=1S/C22H13F3N4O/c23-15-3-1-14(2-4-15)21-27-12-17(20(29-21)13-7-9-26-10-8-13)22(30)28-19-6-5-16(24)11-18(19)25/h1-12H,(H,28,30). The lowest BCUT2D eigenvalue weighted by molar-refractivity contribution is 0.102. The molecule has 0 bridgehead atoms. The van der Waals surface area contributed by atoms with Crippen LogP contribution in [0.2, 0.25) is 0 Å². The molecule has 0 unspecified atom stereocenters. The maximum absolute atomic E-state index is 13.9. The van der Waals surface area contributed by atoms with Crippen molar-refractivity contribution < 1.29 is 18.0 Å². The van der Waals surface area contributed by atoms with E-state index < -0.39 is 23.4 Å². The molecule has 1 amide bonds. The van der Waals surface area contributed by atoms with Gasteiger partial charge in [0.15, 0.2) is 5.82 Å². The van der Waals surface area contributed by atoms with Crippen LogP contribution in [0.4, 0.5) is 18.9 Å². The number of nitrogens with zero attached hydrogens (tertiary/aromatic N) is 3. The number of amides is 1. The monoisotopic (exact) mass is 406 g/mol. The molecule has 0 spiro atoms. The summed E-state index contributed by atoms with van der Waals surface area (Å²) in [7, 11) is 0. The normalized spacial score (nSPS) is 10.6. The van der Waals surface area contributed by atoms with E-state index in [4.69, 9.17) is 0 Å². The molecule has 5 nitrogen and oxygen atoms in total. The Labute approximate surface area is 169 Å². The number of anilines is 1. The van der Waals surface area contributed by atoms with E-state index in [0.29, 0.717) is 17.2 Å². The molecule has 0 fully saturated rings. The fourth-order valence-electron chi connectivity index (χ4n) is 2.80. The number of benzene rings is 2. The van der Waals surface area contributed by atoms with Crippen LogP contribution in [0, 0.1) is 17.5 Å². The van der Waals surface area contributed by atoms with E-state index in [0.717, 1.165) is 12.1 Å². The average Bonchev–Trinajstić information content (AvgIpc) is 2.76. The minimum Gasteiger partial charge on any atom is -0.319 e. The van der Waals surface area contributed by atoms with Crippen LogP contribution in [0.5, 0.6) is 0 Å². The second kappa shape index (κ2) is 8.12. The Morgan fingerprint density at radius 3 is 2.23 bits per heavy atom. The molecule has 2 heterocycles. The van der Waals surface area contributed by atoms with Crippen molar-refractivity contribution in [3.8, 4) is 22.6 Å². The number of hydrogen-bond acceptors (Lipinski definition) is 4. The summed E-state index contributed by atoms with van der Waals surface area (Å²) in [6.07, 6.45) is 4.38. The van der Waals surface area contributed by atoms with Gasteiger partial charge in [-0.05, 0) is 48.5 Å². The lowest BCUT2D eigenvalue weighted by atomic mass is 10.1. The summed E-state index contributed by atoms with van der Waals surface area (Å²) in [6, 6.07) is 11.8. The number of rotatable bonds is 4. The van der Waals surface area contributed by atoms with E-state index >= 15 is 0 Å². The van der Waals surface area contributed by atoms with Gasteiger partial charge in [0.1, 0.15) is 17.5 Å². The third-order valence-corrected chi connectivity index (χ3v) is 4.27. The van der Waals surface area contributed by atoms with E-state index in [2.05, 4.69) is 20.3 Å². The molecule has 1 N–H and O–H groups in total. The summed E-state index contributed by atoms with van der Waals surface area (Å²) >= 11 is 0. The fraction of sp³-hybridized carbons (Fsp3) is 0. The van der Waals surface area contributed by atoms with Gasteiger partial charge in [-0.1, -0.05) is 0 Å². The molecule has 0 aliphatic rings. The molecule has 148 valence electrons. The molecule has 0 aliphatic carbocycles. The zero-order valence-corrected chi connectivity index (χ0v) is 15.3. The number of hydrogen-bond donors (Lipinski definition) is 1. The maximum Gasteiger partial charge on any atom is 0.259 e. The first-order chi connectivity index (χ1) is 14.5. The lowest BCUT2D eigenvalue weighted by Gasteiger charge is -2.12. The largest absolute Gasteiger partial charge is 0.319 e. The summed E-state index contributed by atoms with van der Waals surface area (Å²) in [4.78, 5) is 25.4. The van der Waals surface area contributed by atoms with Gasteiger partial charge in [0.2, 0.25) is 0 Å². The van der Waals surface area contributed by atoms with Crippen molar-refractivity contribution in [2.75, 3.05) is 5.32 Å². The van der Waals surface area contributed by atoms with E-state index in [1.807, 2.05) is 0 Å². The second-order valence-corrected chi connectivity index (χ2v) is 6.28. The third-order valence-electron chi connectivity index (χ3n) is 4.27. The molecule has 0 saturated heterocycles. The van der Waals surface area contributed by atoms with Crippen LogP contribution in [-0.2, 0) is 0 Å². The number of carbonyl (C=O) groups is 1. The van der Waals surface area contributed by atoms with Crippen molar-refractivity contribution in [1.29, 1.82) is 0 Å². The summed E-state index contributed by atoms with van der Waals surface area (Å²) in [5.74, 6) is -2.44. The Hall–Kier alpha value is -4.07. The predicted molar refractivity (Wildman–Crippen MR) is 105 cm³/mol. The van der Waals surface area contributed by atoms with E-state index in [1.165, 1.54) is 42.9 Å². The Bertz CT molecular complexity index is 1210. The highest BCUT2D eigenvalue weighted by atomic mass is 19.1. The van der Waals surface area contributed by atoms with Gasteiger partial charge in [-0.25, -0.2) is 23.1 Å². The van der Waals surface area contributed by atoms with Crippen molar-refractivity contribution in [2.45, 2.75) is 0 Å². The highest BCUT2D eigenvalue weighted by molar-refractivity contribution is 6.08. The van der Waals surface area contributed by atoms with Gasteiger partial charge in [-0.3, -0.25) is 9.78 Å². The highest BCUT2D eigenvalue weighted by Crippen LogP contribution is 2.26. The van der Waals surface area contributed by atoms with Crippen molar-refractivity contribution in [1.82, 2.24) is 15.0 Å². The number of carbonyl (C=O) groups excluding carboxylic acids is 1. The van der Waals surface area contributed by atoms with Gasteiger partial charge < -0.3 is 5.32 Å². The number of aromatic nitrogens is 3. The quantitative estimate of drug-likeness (QED) is 0.525. The third kappa shape index (κ3) is 4.02. The maximum atomic E-state index is 13.9. The van der Waals surface area contributed by atoms with Gasteiger partial charge >= 0.3 is 0 Å². The van der Waals surface area contributed by atoms with Gasteiger partial charge in [0, 0.05) is 35.8 Å². The lowest BCUT2D eigenvalue weighted by Crippen LogP contribution is -2.16. The Balaban J connectivity index is 1.76. The van der Waals surface area contributed by atoms with Crippen LogP contribution in [0.1, 0.15) is 10.4 Å².